The maximum absolute atomic E-state index is 13.1. The maximum atomic E-state index is 13.1. The average Bonchev–Trinajstić information content (AvgIpc) is 3.27. The third kappa shape index (κ3) is 5.30. The van der Waals surface area contributed by atoms with Crippen molar-refractivity contribution in [2.45, 2.75) is 18.9 Å². The summed E-state index contributed by atoms with van der Waals surface area (Å²) in [6, 6.07) is 9.10. The zero-order chi connectivity index (χ0) is 23.3. The first-order valence-electron chi connectivity index (χ1n) is 9.68. The Morgan fingerprint density at radius 3 is 2.75 bits per heavy atom. The molecule has 0 spiro atoms. The summed E-state index contributed by atoms with van der Waals surface area (Å²) in [7, 11) is 0. The minimum Gasteiger partial charge on any atom is -0.480 e. The molecule has 1 amide bonds. The molecule has 1 fully saturated rings. The number of nitrogens with zero attached hydrogens (tertiary/aromatic N) is 3. The standard InChI is InChI=1S/C14H10ClFN4.C8H11NO3/c15-11-6-9(2-3-12(11)16)20-14-10-5-8(17)1-4-13(10)18-7-19-14;1-2-7(10)9-5-3-4-6(9)8(11)12/h1-7H,17H2,(H,18,19,20);2,6H,1,3-5H2,(H,11,12)/t;6-/m.0/s1. The van der Waals surface area contributed by atoms with Crippen LogP contribution in [0, 0.1) is 5.82 Å². The predicted octanol–water partition coefficient (Wildman–Crippen LogP) is 4.00. The number of aliphatic carboxylic acids is 1. The minimum absolute atomic E-state index is 0.0490. The van der Waals surface area contributed by atoms with Gasteiger partial charge in [-0.3, -0.25) is 4.79 Å². The molecule has 0 radical (unpaired) electrons. The average molecular weight is 458 g/mol. The highest BCUT2D eigenvalue weighted by Gasteiger charge is 2.32. The van der Waals surface area contributed by atoms with Gasteiger partial charge >= 0.3 is 5.97 Å². The fraction of sp³-hybridized carbons (Fsp3) is 0.182. The van der Waals surface area contributed by atoms with E-state index in [1.54, 1.807) is 18.2 Å². The molecular weight excluding hydrogens is 437 g/mol. The van der Waals surface area contributed by atoms with E-state index < -0.39 is 17.8 Å². The lowest BCUT2D eigenvalue weighted by Crippen LogP contribution is -2.39. The fourth-order valence-electron chi connectivity index (χ4n) is 3.29. The van der Waals surface area contributed by atoms with Gasteiger partial charge in [-0.1, -0.05) is 18.2 Å². The molecule has 1 saturated heterocycles. The number of fused-ring (bicyclic) bond motifs is 1. The number of hydrogen-bond donors (Lipinski definition) is 3. The van der Waals surface area contributed by atoms with E-state index in [4.69, 9.17) is 22.4 Å². The molecule has 1 atom stereocenters. The zero-order valence-corrected chi connectivity index (χ0v) is 17.7. The number of carboxylic acid groups (broad SMARTS) is 1. The number of likely N-dealkylation sites (tertiary alicyclic amines) is 1. The molecule has 4 rings (SSSR count). The number of halogens is 2. The number of nitrogen functional groups attached to an aromatic ring is 1. The molecule has 0 unspecified atom stereocenters. The van der Waals surface area contributed by atoms with Crippen LogP contribution in [0.2, 0.25) is 5.02 Å². The second-order valence-electron chi connectivity index (χ2n) is 6.98. The van der Waals surface area contributed by atoms with Crippen LogP contribution >= 0.6 is 11.6 Å². The summed E-state index contributed by atoms with van der Waals surface area (Å²) in [6.07, 6.45) is 3.92. The molecule has 1 aliphatic heterocycles. The highest BCUT2D eigenvalue weighted by Crippen LogP contribution is 2.26. The maximum Gasteiger partial charge on any atom is 0.326 e. The third-order valence-corrected chi connectivity index (χ3v) is 5.13. The second-order valence-corrected chi connectivity index (χ2v) is 7.39. The van der Waals surface area contributed by atoms with E-state index in [-0.39, 0.29) is 10.9 Å². The summed E-state index contributed by atoms with van der Waals surface area (Å²) < 4.78 is 13.1. The van der Waals surface area contributed by atoms with Crippen molar-refractivity contribution in [1.29, 1.82) is 0 Å². The molecule has 10 heteroatoms. The van der Waals surface area contributed by atoms with Gasteiger partial charge < -0.3 is 21.1 Å². The van der Waals surface area contributed by atoms with Crippen LogP contribution in [0.4, 0.5) is 21.6 Å². The quantitative estimate of drug-likeness (QED) is 0.400. The van der Waals surface area contributed by atoms with Gasteiger partial charge in [0.2, 0.25) is 5.91 Å². The number of hydrogen-bond acceptors (Lipinski definition) is 6. The molecule has 0 aliphatic carbocycles. The van der Waals surface area contributed by atoms with Crippen molar-refractivity contribution < 1.29 is 19.1 Å². The number of nitrogens with two attached hydrogens (primary N) is 1. The molecule has 0 bridgehead atoms. The van der Waals surface area contributed by atoms with Crippen molar-refractivity contribution in [2.24, 2.45) is 0 Å². The Hall–Kier alpha value is -3.72. The molecule has 0 saturated carbocycles. The Morgan fingerprint density at radius 2 is 2.06 bits per heavy atom. The topological polar surface area (TPSA) is 121 Å². The van der Waals surface area contributed by atoms with Crippen molar-refractivity contribution in [2.75, 3.05) is 17.6 Å². The number of benzene rings is 2. The van der Waals surface area contributed by atoms with Gasteiger partial charge in [0, 0.05) is 23.3 Å². The Kier molecular flexibility index (Phi) is 7.21. The number of nitrogens with one attached hydrogen (secondary N) is 1. The van der Waals surface area contributed by atoms with Gasteiger partial charge in [0.25, 0.3) is 0 Å². The van der Waals surface area contributed by atoms with Crippen LogP contribution in [0.3, 0.4) is 0 Å². The van der Waals surface area contributed by atoms with Crippen molar-refractivity contribution in [3.8, 4) is 0 Å². The Labute approximate surface area is 188 Å². The second kappa shape index (κ2) is 10.1. The Bertz CT molecular complexity index is 1170. The lowest BCUT2D eigenvalue weighted by atomic mass is 10.2. The molecule has 1 aliphatic rings. The Balaban J connectivity index is 0.000000207. The first kappa shape index (κ1) is 23.0. The summed E-state index contributed by atoms with van der Waals surface area (Å²) in [5.74, 6) is -1.10. The lowest BCUT2D eigenvalue weighted by molar-refractivity contribution is -0.146. The molecule has 2 heterocycles. The molecule has 1 aromatic heterocycles. The third-order valence-electron chi connectivity index (χ3n) is 4.84. The lowest BCUT2D eigenvalue weighted by Gasteiger charge is -2.18. The van der Waals surface area contributed by atoms with Crippen LogP contribution in [-0.4, -0.2) is 44.4 Å². The largest absolute Gasteiger partial charge is 0.480 e. The first-order chi connectivity index (χ1) is 15.3. The molecular formula is C22H21ClFN5O3. The van der Waals surface area contributed by atoms with E-state index in [2.05, 4.69) is 21.9 Å². The smallest absolute Gasteiger partial charge is 0.326 e. The monoisotopic (exact) mass is 457 g/mol. The van der Waals surface area contributed by atoms with Gasteiger partial charge in [-0.05, 0) is 55.3 Å². The number of carbonyl (C=O) groups excluding carboxylic acids is 1. The van der Waals surface area contributed by atoms with Crippen molar-refractivity contribution in [3.63, 3.8) is 0 Å². The number of carbonyl (C=O) groups is 2. The van der Waals surface area contributed by atoms with E-state index in [0.717, 1.165) is 23.4 Å². The SMILES string of the molecule is C=CC(=O)N1CCC[C@H]1C(=O)O.Nc1ccc2ncnc(Nc3ccc(F)c(Cl)c3)c2c1. The predicted molar refractivity (Wildman–Crippen MR) is 121 cm³/mol. The molecule has 4 N–H and O–H groups in total. The van der Waals surface area contributed by atoms with Gasteiger partial charge in [0.15, 0.2) is 0 Å². The zero-order valence-electron chi connectivity index (χ0n) is 17.0. The van der Waals surface area contributed by atoms with E-state index in [0.29, 0.717) is 30.2 Å². The summed E-state index contributed by atoms with van der Waals surface area (Å²) in [4.78, 5) is 31.4. The summed E-state index contributed by atoms with van der Waals surface area (Å²) in [5.41, 5.74) is 7.80. The molecule has 3 aromatic rings. The van der Waals surface area contributed by atoms with Gasteiger partial charge in [0.1, 0.15) is 24.0 Å². The van der Waals surface area contributed by atoms with E-state index in [1.165, 1.54) is 23.4 Å². The number of amides is 1. The fourth-order valence-corrected chi connectivity index (χ4v) is 3.47. The van der Waals surface area contributed by atoms with Crippen molar-refractivity contribution in [3.05, 3.63) is 66.2 Å². The van der Waals surface area contributed by atoms with Crippen molar-refractivity contribution in [1.82, 2.24) is 14.9 Å². The van der Waals surface area contributed by atoms with Gasteiger partial charge in [0.05, 0.1) is 10.5 Å². The van der Waals surface area contributed by atoms with Gasteiger partial charge in [-0.15, -0.1) is 0 Å². The summed E-state index contributed by atoms with van der Waals surface area (Å²) >= 11 is 5.76. The highest BCUT2D eigenvalue weighted by molar-refractivity contribution is 6.31. The van der Waals surface area contributed by atoms with E-state index in [1.807, 2.05) is 6.07 Å². The number of aromatic nitrogens is 2. The molecule has 8 nitrogen and oxygen atoms in total. The van der Waals surface area contributed by atoms with Gasteiger partial charge in [-0.2, -0.15) is 0 Å². The summed E-state index contributed by atoms with van der Waals surface area (Å²) in [5, 5.41) is 12.6. The normalized spacial score (nSPS) is 15.1. The van der Waals surface area contributed by atoms with Crippen LogP contribution in [-0.2, 0) is 9.59 Å². The molecule has 2 aromatic carbocycles. The molecule has 166 valence electrons. The summed E-state index contributed by atoms with van der Waals surface area (Å²) in [6.45, 7) is 3.84. The van der Waals surface area contributed by atoms with Crippen LogP contribution in [0.25, 0.3) is 10.9 Å². The van der Waals surface area contributed by atoms with Gasteiger partial charge in [-0.25, -0.2) is 19.2 Å². The molecule has 32 heavy (non-hydrogen) atoms. The Morgan fingerprint density at radius 1 is 1.28 bits per heavy atom. The minimum atomic E-state index is -0.928. The number of carboxylic acids is 1. The number of anilines is 3. The van der Waals surface area contributed by atoms with E-state index >= 15 is 0 Å². The van der Waals surface area contributed by atoms with Crippen LogP contribution < -0.4 is 11.1 Å². The van der Waals surface area contributed by atoms with Crippen molar-refractivity contribution >= 4 is 51.6 Å². The first-order valence-corrected chi connectivity index (χ1v) is 10.1. The van der Waals surface area contributed by atoms with Crippen LogP contribution in [0.15, 0.2) is 55.4 Å². The number of rotatable bonds is 4. The van der Waals surface area contributed by atoms with Crippen LogP contribution in [0.5, 0.6) is 0 Å². The van der Waals surface area contributed by atoms with Crippen LogP contribution in [0.1, 0.15) is 12.8 Å². The highest BCUT2D eigenvalue weighted by atomic mass is 35.5. The van der Waals surface area contributed by atoms with E-state index in [9.17, 15) is 14.0 Å².